The molecule has 104 valence electrons. The summed E-state index contributed by atoms with van der Waals surface area (Å²) in [7, 11) is 0. The smallest absolute Gasteiger partial charge is 0.241 e. The maximum absolute atomic E-state index is 10.7. The molecule has 0 aliphatic carbocycles. The lowest BCUT2D eigenvalue weighted by Crippen LogP contribution is -2.04. The summed E-state index contributed by atoms with van der Waals surface area (Å²) in [6.07, 6.45) is 3.80. The lowest BCUT2D eigenvalue weighted by Gasteiger charge is -2.08. The van der Waals surface area contributed by atoms with Crippen LogP contribution in [0, 0.1) is 6.92 Å². The quantitative estimate of drug-likeness (QED) is 0.857. The van der Waals surface area contributed by atoms with Gasteiger partial charge in [-0.05, 0) is 54.8 Å². The molecule has 1 aromatic heterocycles. The number of aryl methyl sites for hydroxylation is 2. The molecule has 0 atom stereocenters. The Hall–Kier alpha value is -1.81. The average Bonchev–Trinajstić information content (AvgIpc) is 2.88. The second-order valence-electron chi connectivity index (χ2n) is 4.56. The third kappa shape index (κ3) is 3.20. The number of hydrogen-bond donors (Lipinski definition) is 1. The summed E-state index contributed by atoms with van der Waals surface area (Å²) in [6, 6.07) is 7.89. The van der Waals surface area contributed by atoms with Crippen molar-refractivity contribution in [1.82, 2.24) is 0 Å². The molecule has 0 unspecified atom stereocenters. The number of amides is 1. The van der Waals surface area contributed by atoms with Gasteiger partial charge >= 0.3 is 0 Å². The van der Waals surface area contributed by atoms with Crippen LogP contribution < -0.4 is 5.73 Å². The normalized spacial score (nSPS) is 11.2. The predicted molar refractivity (Wildman–Crippen MR) is 84.2 cm³/mol. The van der Waals surface area contributed by atoms with Gasteiger partial charge in [0.15, 0.2) is 0 Å². The number of carbonyl (C=O) groups is 1. The van der Waals surface area contributed by atoms with Crippen LogP contribution in [0.3, 0.4) is 0 Å². The van der Waals surface area contributed by atoms with E-state index in [2.05, 4.69) is 41.9 Å². The van der Waals surface area contributed by atoms with Crippen LogP contribution in [0.2, 0.25) is 0 Å². The first-order chi connectivity index (χ1) is 9.51. The summed E-state index contributed by atoms with van der Waals surface area (Å²) in [5.74, 6) is 0.896. The molecule has 0 fully saturated rings. The van der Waals surface area contributed by atoms with Gasteiger partial charge in [0.25, 0.3) is 0 Å². The van der Waals surface area contributed by atoms with Crippen molar-refractivity contribution in [2.75, 3.05) is 0 Å². The highest BCUT2D eigenvalue weighted by atomic mass is 79.9. The molecule has 2 N–H and O–H groups in total. The van der Waals surface area contributed by atoms with E-state index in [9.17, 15) is 4.79 Å². The second-order valence-corrected chi connectivity index (χ2v) is 5.35. The minimum atomic E-state index is -0.490. The molecule has 1 aromatic carbocycles. The minimum absolute atomic E-state index is 0.490. The number of furan rings is 1. The van der Waals surface area contributed by atoms with Crippen molar-refractivity contribution in [2.45, 2.75) is 20.3 Å². The number of carbonyl (C=O) groups excluding carboxylic acids is 1. The molecule has 1 heterocycles. The number of benzene rings is 1. The lowest BCUT2D eigenvalue weighted by molar-refractivity contribution is -0.113. The second kappa shape index (κ2) is 6.09. The standard InChI is InChI=1S/C16H16BrNO2/c1-3-11-9-12(8-10(2)16(11)17)14-6-4-13(20-14)5-7-15(18)19/h4-9H,3H2,1-2H3,(H2,18,19)/b7-5+. The van der Waals surface area contributed by atoms with E-state index >= 15 is 0 Å². The summed E-state index contributed by atoms with van der Waals surface area (Å²) in [6.45, 7) is 4.18. The summed E-state index contributed by atoms with van der Waals surface area (Å²) in [4.78, 5) is 10.7. The maximum Gasteiger partial charge on any atom is 0.241 e. The van der Waals surface area contributed by atoms with Crippen LogP contribution in [0.15, 0.2) is 39.2 Å². The van der Waals surface area contributed by atoms with Crippen LogP contribution >= 0.6 is 15.9 Å². The van der Waals surface area contributed by atoms with Crippen molar-refractivity contribution in [3.05, 3.63) is 51.7 Å². The Balaban J connectivity index is 2.37. The first-order valence-corrected chi connectivity index (χ1v) is 7.17. The third-order valence-corrected chi connectivity index (χ3v) is 4.17. The molecule has 0 bridgehead atoms. The number of primary amides is 1. The largest absolute Gasteiger partial charge is 0.457 e. The molecular weight excluding hydrogens is 318 g/mol. The Kier molecular flexibility index (Phi) is 4.45. The van der Waals surface area contributed by atoms with Gasteiger partial charge in [-0.2, -0.15) is 0 Å². The highest BCUT2D eigenvalue weighted by Crippen LogP contribution is 2.30. The first-order valence-electron chi connectivity index (χ1n) is 6.38. The van der Waals surface area contributed by atoms with Crippen LogP contribution in [-0.4, -0.2) is 5.91 Å². The lowest BCUT2D eigenvalue weighted by atomic mass is 10.0. The molecule has 2 rings (SSSR count). The van der Waals surface area contributed by atoms with E-state index in [1.54, 1.807) is 6.08 Å². The van der Waals surface area contributed by atoms with E-state index in [0.29, 0.717) is 5.76 Å². The Bertz CT molecular complexity index is 671. The third-order valence-electron chi connectivity index (χ3n) is 3.03. The van der Waals surface area contributed by atoms with Crippen molar-refractivity contribution in [3.8, 4) is 11.3 Å². The van der Waals surface area contributed by atoms with Gasteiger partial charge in [0, 0.05) is 16.1 Å². The summed E-state index contributed by atoms with van der Waals surface area (Å²) in [5.41, 5.74) is 8.50. The highest BCUT2D eigenvalue weighted by Gasteiger charge is 2.09. The Morgan fingerprint density at radius 2 is 2.15 bits per heavy atom. The van der Waals surface area contributed by atoms with Crippen LogP contribution in [0.25, 0.3) is 17.4 Å². The molecule has 2 aromatic rings. The van der Waals surface area contributed by atoms with E-state index < -0.39 is 5.91 Å². The summed E-state index contributed by atoms with van der Waals surface area (Å²) < 4.78 is 6.85. The fraction of sp³-hybridized carbons (Fsp3) is 0.188. The minimum Gasteiger partial charge on any atom is -0.457 e. The molecule has 3 nitrogen and oxygen atoms in total. The van der Waals surface area contributed by atoms with Crippen LogP contribution in [0.5, 0.6) is 0 Å². The van der Waals surface area contributed by atoms with E-state index in [4.69, 9.17) is 10.2 Å². The van der Waals surface area contributed by atoms with Gasteiger partial charge < -0.3 is 10.2 Å². The van der Waals surface area contributed by atoms with Crippen molar-refractivity contribution in [2.24, 2.45) is 5.73 Å². The van der Waals surface area contributed by atoms with Crippen molar-refractivity contribution >= 4 is 27.9 Å². The van der Waals surface area contributed by atoms with Gasteiger partial charge in [-0.3, -0.25) is 4.79 Å². The SMILES string of the molecule is CCc1cc(-c2ccc(/C=C/C(N)=O)o2)cc(C)c1Br. The number of hydrogen-bond acceptors (Lipinski definition) is 2. The van der Waals surface area contributed by atoms with Crippen LogP contribution in [0.1, 0.15) is 23.8 Å². The Labute approximate surface area is 126 Å². The maximum atomic E-state index is 10.7. The Morgan fingerprint density at radius 3 is 2.80 bits per heavy atom. The molecule has 0 saturated carbocycles. The summed E-state index contributed by atoms with van der Waals surface area (Å²) >= 11 is 3.60. The average molecular weight is 334 g/mol. The number of halogens is 1. The summed E-state index contributed by atoms with van der Waals surface area (Å²) in [5, 5.41) is 0. The Morgan fingerprint density at radius 1 is 1.40 bits per heavy atom. The van der Waals surface area contributed by atoms with Crippen molar-refractivity contribution in [3.63, 3.8) is 0 Å². The number of nitrogens with two attached hydrogens (primary N) is 1. The molecule has 0 saturated heterocycles. The predicted octanol–water partition coefficient (Wildman–Crippen LogP) is 4.08. The monoisotopic (exact) mass is 333 g/mol. The molecule has 0 aliphatic heterocycles. The van der Waals surface area contributed by atoms with Crippen molar-refractivity contribution < 1.29 is 9.21 Å². The van der Waals surface area contributed by atoms with Gasteiger partial charge in [-0.1, -0.05) is 22.9 Å². The zero-order chi connectivity index (χ0) is 14.7. The topological polar surface area (TPSA) is 56.2 Å². The molecule has 0 aliphatic rings. The van der Waals surface area contributed by atoms with Gasteiger partial charge in [0.2, 0.25) is 5.91 Å². The molecular formula is C16H16BrNO2. The van der Waals surface area contributed by atoms with Crippen molar-refractivity contribution in [1.29, 1.82) is 0 Å². The van der Waals surface area contributed by atoms with Crippen LogP contribution in [0.4, 0.5) is 0 Å². The molecule has 1 amide bonds. The van der Waals surface area contributed by atoms with Gasteiger partial charge in [-0.25, -0.2) is 0 Å². The fourth-order valence-corrected chi connectivity index (χ4v) is 2.51. The van der Waals surface area contributed by atoms with E-state index in [1.165, 1.54) is 17.2 Å². The van der Waals surface area contributed by atoms with E-state index in [1.807, 2.05) is 12.1 Å². The van der Waals surface area contributed by atoms with Gasteiger partial charge in [0.05, 0.1) is 0 Å². The molecule has 0 radical (unpaired) electrons. The zero-order valence-corrected chi connectivity index (χ0v) is 13.0. The molecule has 0 spiro atoms. The van der Waals surface area contributed by atoms with Gasteiger partial charge in [0.1, 0.15) is 11.5 Å². The molecule has 20 heavy (non-hydrogen) atoms. The molecule has 4 heteroatoms. The first kappa shape index (κ1) is 14.6. The van der Waals surface area contributed by atoms with Crippen LogP contribution in [-0.2, 0) is 11.2 Å². The fourth-order valence-electron chi connectivity index (χ4n) is 2.00. The number of rotatable bonds is 4. The van der Waals surface area contributed by atoms with E-state index in [0.717, 1.165) is 22.2 Å². The van der Waals surface area contributed by atoms with Gasteiger partial charge in [-0.15, -0.1) is 0 Å². The van der Waals surface area contributed by atoms with E-state index in [-0.39, 0.29) is 0 Å². The zero-order valence-electron chi connectivity index (χ0n) is 11.4. The highest BCUT2D eigenvalue weighted by molar-refractivity contribution is 9.10.